The summed E-state index contributed by atoms with van der Waals surface area (Å²) in [7, 11) is 0. The molecule has 1 unspecified atom stereocenters. The largest absolute Gasteiger partial charge is 0.464 e. The normalized spacial score (nSPS) is 12.5. The van der Waals surface area contributed by atoms with Crippen molar-refractivity contribution in [3.05, 3.63) is 52.1 Å². The van der Waals surface area contributed by atoms with E-state index in [-0.39, 0.29) is 11.9 Å². The predicted octanol–water partition coefficient (Wildman–Crippen LogP) is 4.66. The first-order valence-electron chi connectivity index (χ1n) is 5.34. The van der Waals surface area contributed by atoms with Gasteiger partial charge in [-0.2, -0.15) is 0 Å². The molecule has 1 aromatic heterocycles. The highest BCUT2D eigenvalue weighted by Gasteiger charge is 2.10. The lowest BCUT2D eigenvalue weighted by Gasteiger charge is -2.13. The van der Waals surface area contributed by atoms with E-state index < -0.39 is 0 Å². The fraction of sp³-hybridized carbons (Fsp3) is 0.231. The van der Waals surface area contributed by atoms with Crippen LogP contribution in [0.4, 0.5) is 10.1 Å². The summed E-state index contributed by atoms with van der Waals surface area (Å²) in [5.41, 5.74) is 0.847. The SMILES string of the molecule is Cc1ccc(C(C)Nc2ccc(F)c(Br)c2)o1. The Morgan fingerprint density at radius 3 is 2.65 bits per heavy atom. The van der Waals surface area contributed by atoms with Crippen LogP contribution in [0.25, 0.3) is 0 Å². The van der Waals surface area contributed by atoms with E-state index in [2.05, 4.69) is 21.2 Å². The monoisotopic (exact) mass is 297 g/mol. The summed E-state index contributed by atoms with van der Waals surface area (Å²) in [6.07, 6.45) is 0. The van der Waals surface area contributed by atoms with Gasteiger partial charge in [-0.25, -0.2) is 4.39 Å². The number of hydrogen-bond donors (Lipinski definition) is 1. The Morgan fingerprint density at radius 1 is 1.29 bits per heavy atom. The van der Waals surface area contributed by atoms with Gasteiger partial charge in [-0.15, -0.1) is 0 Å². The van der Waals surface area contributed by atoms with Crippen molar-refractivity contribution in [3.8, 4) is 0 Å². The number of rotatable bonds is 3. The molecule has 0 fully saturated rings. The zero-order valence-electron chi connectivity index (χ0n) is 9.63. The van der Waals surface area contributed by atoms with Gasteiger partial charge in [0.05, 0.1) is 10.5 Å². The fourth-order valence-corrected chi connectivity index (χ4v) is 1.97. The lowest BCUT2D eigenvalue weighted by atomic mass is 10.2. The van der Waals surface area contributed by atoms with Gasteiger partial charge in [-0.3, -0.25) is 0 Å². The maximum Gasteiger partial charge on any atom is 0.137 e. The van der Waals surface area contributed by atoms with E-state index in [1.807, 2.05) is 26.0 Å². The van der Waals surface area contributed by atoms with Gasteiger partial charge < -0.3 is 9.73 Å². The molecule has 1 atom stereocenters. The highest BCUT2D eigenvalue weighted by atomic mass is 79.9. The molecule has 4 heteroatoms. The fourth-order valence-electron chi connectivity index (χ4n) is 1.59. The quantitative estimate of drug-likeness (QED) is 0.891. The van der Waals surface area contributed by atoms with Gasteiger partial charge in [0.1, 0.15) is 17.3 Å². The summed E-state index contributed by atoms with van der Waals surface area (Å²) in [5.74, 6) is 1.48. The van der Waals surface area contributed by atoms with Crippen molar-refractivity contribution in [2.75, 3.05) is 5.32 Å². The molecule has 0 amide bonds. The molecule has 17 heavy (non-hydrogen) atoms. The number of furan rings is 1. The Morgan fingerprint density at radius 2 is 2.06 bits per heavy atom. The topological polar surface area (TPSA) is 25.2 Å². The first-order valence-corrected chi connectivity index (χ1v) is 6.13. The summed E-state index contributed by atoms with van der Waals surface area (Å²) >= 11 is 3.16. The van der Waals surface area contributed by atoms with Gasteiger partial charge in [0, 0.05) is 5.69 Å². The van der Waals surface area contributed by atoms with E-state index in [0.717, 1.165) is 17.2 Å². The van der Waals surface area contributed by atoms with Gasteiger partial charge in [-0.05, 0) is 60.1 Å². The third-order valence-corrected chi connectivity index (χ3v) is 3.10. The molecule has 2 rings (SSSR count). The third kappa shape index (κ3) is 2.88. The van der Waals surface area contributed by atoms with E-state index in [9.17, 15) is 4.39 Å². The van der Waals surface area contributed by atoms with Gasteiger partial charge in [-0.1, -0.05) is 0 Å². The zero-order valence-corrected chi connectivity index (χ0v) is 11.2. The summed E-state index contributed by atoms with van der Waals surface area (Å²) in [6, 6.07) is 8.74. The van der Waals surface area contributed by atoms with Crippen LogP contribution >= 0.6 is 15.9 Å². The molecule has 0 radical (unpaired) electrons. The molecule has 90 valence electrons. The minimum Gasteiger partial charge on any atom is -0.464 e. The second kappa shape index (κ2) is 4.92. The minimum atomic E-state index is -0.267. The van der Waals surface area contributed by atoms with Crippen LogP contribution in [-0.4, -0.2) is 0 Å². The predicted molar refractivity (Wildman–Crippen MR) is 69.6 cm³/mol. The molecular weight excluding hydrogens is 285 g/mol. The Bertz CT molecular complexity index is 524. The molecule has 1 heterocycles. The van der Waals surface area contributed by atoms with Crippen molar-refractivity contribution in [1.29, 1.82) is 0 Å². The maximum atomic E-state index is 13.1. The number of nitrogens with one attached hydrogen (secondary N) is 1. The lowest BCUT2D eigenvalue weighted by Crippen LogP contribution is -2.05. The maximum absolute atomic E-state index is 13.1. The Kier molecular flexibility index (Phi) is 3.52. The first kappa shape index (κ1) is 12.2. The number of aryl methyl sites for hydroxylation is 1. The number of hydrogen-bond acceptors (Lipinski definition) is 2. The molecule has 1 aromatic carbocycles. The molecule has 2 nitrogen and oxygen atoms in total. The van der Waals surface area contributed by atoms with E-state index in [4.69, 9.17) is 4.42 Å². The average molecular weight is 298 g/mol. The number of anilines is 1. The average Bonchev–Trinajstić information content (AvgIpc) is 2.70. The Hall–Kier alpha value is -1.29. The third-order valence-electron chi connectivity index (χ3n) is 2.49. The van der Waals surface area contributed by atoms with Gasteiger partial charge in [0.15, 0.2) is 0 Å². The molecule has 0 saturated carbocycles. The van der Waals surface area contributed by atoms with E-state index in [0.29, 0.717) is 4.47 Å². The van der Waals surface area contributed by atoms with Crippen LogP contribution in [0.15, 0.2) is 39.2 Å². The summed E-state index contributed by atoms with van der Waals surface area (Å²) in [4.78, 5) is 0. The van der Waals surface area contributed by atoms with Crippen molar-refractivity contribution in [3.63, 3.8) is 0 Å². The van der Waals surface area contributed by atoms with Gasteiger partial charge >= 0.3 is 0 Å². The molecule has 0 aliphatic heterocycles. The summed E-state index contributed by atoms with van der Waals surface area (Å²) < 4.78 is 19.0. The highest BCUT2D eigenvalue weighted by Crippen LogP contribution is 2.24. The van der Waals surface area contributed by atoms with Gasteiger partial charge in [0.25, 0.3) is 0 Å². The van der Waals surface area contributed by atoms with Crippen LogP contribution in [0, 0.1) is 12.7 Å². The van der Waals surface area contributed by atoms with Crippen molar-refractivity contribution in [2.45, 2.75) is 19.9 Å². The molecule has 2 aromatic rings. The number of halogens is 2. The van der Waals surface area contributed by atoms with E-state index in [1.165, 1.54) is 6.07 Å². The molecular formula is C13H13BrFNO. The smallest absolute Gasteiger partial charge is 0.137 e. The second-order valence-electron chi connectivity index (χ2n) is 3.94. The molecule has 1 N–H and O–H groups in total. The minimum absolute atomic E-state index is 0.0426. The summed E-state index contributed by atoms with van der Waals surface area (Å²) in [5, 5.41) is 3.25. The highest BCUT2D eigenvalue weighted by molar-refractivity contribution is 9.10. The Balaban J connectivity index is 2.12. The summed E-state index contributed by atoms with van der Waals surface area (Å²) in [6.45, 7) is 3.90. The first-order chi connectivity index (χ1) is 8.06. The lowest BCUT2D eigenvalue weighted by molar-refractivity contribution is 0.467. The van der Waals surface area contributed by atoms with Crippen LogP contribution in [-0.2, 0) is 0 Å². The van der Waals surface area contributed by atoms with Crippen LogP contribution in [0.3, 0.4) is 0 Å². The van der Waals surface area contributed by atoms with E-state index >= 15 is 0 Å². The van der Waals surface area contributed by atoms with Crippen LogP contribution in [0.2, 0.25) is 0 Å². The van der Waals surface area contributed by atoms with Crippen molar-refractivity contribution in [1.82, 2.24) is 0 Å². The number of benzene rings is 1. The van der Waals surface area contributed by atoms with Crippen LogP contribution in [0.5, 0.6) is 0 Å². The standard InChI is InChI=1S/C13H13BrFNO/c1-8-3-6-13(17-8)9(2)16-10-4-5-12(15)11(14)7-10/h3-7,9,16H,1-2H3. The molecule has 0 saturated heterocycles. The van der Waals surface area contributed by atoms with Crippen LogP contribution < -0.4 is 5.32 Å². The van der Waals surface area contributed by atoms with Crippen molar-refractivity contribution >= 4 is 21.6 Å². The van der Waals surface area contributed by atoms with Crippen molar-refractivity contribution < 1.29 is 8.81 Å². The molecule has 0 aliphatic rings. The molecule has 0 bridgehead atoms. The van der Waals surface area contributed by atoms with Crippen LogP contribution in [0.1, 0.15) is 24.5 Å². The molecule has 0 aliphatic carbocycles. The Labute approximate surface area is 108 Å². The zero-order chi connectivity index (χ0) is 12.4. The second-order valence-corrected chi connectivity index (χ2v) is 4.80. The van der Waals surface area contributed by atoms with Gasteiger partial charge in [0.2, 0.25) is 0 Å². The van der Waals surface area contributed by atoms with Crippen molar-refractivity contribution in [2.24, 2.45) is 0 Å². The van der Waals surface area contributed by atoms with E-state index in [1.54, 1.807) is 12.1 Å². The molecule has 0 spiro atoms.